The average molecular weight is 628 g/mol. The molecule has 230 valence electrons. The largest absolute Gasteiger partial charge is 0.347 e. The van der Waals surface area contributed by atoms with Gasteiger partial charge in [0.2, 0.25) is 5.91 Å². The zero-order valence-electron chi connectivity index (χ0n) is 24.4. The minimum atomic E-state index is -1.67. The molecule has 4 rings (SSSR count). The molecule has 2 aromatic rings. The van der Waals surface area contributed by atoms with Crippen LogP contribution in [-0.2, 0) is 4.79 Å². The van der Waals surface area contributed by atoms with E-state index in [-0.39, 0.29) is 24.4 Å². The zero-order valence-corrected chi connectivity index (χ0v) is 25.9. The number of halogens is 5. The van der Waals surface area contributed by atoms with Gasteiger partial charge in [-0.15, -0.1) is 0 Å². The summed E-state index contributed by atoms with van der Waals surface area (Å²) in [6, 6.07) is 7.21. The highest BCUT2D eigenvalue weighted by atomic mass is 35.5. The summed E-state index contributed by atoms with van der Waals surface area (Å²) in [5.41, 5.74) is -0.230. The first-order chi connectivity index (χ1) is 20.0. The van der Waals surface area contributed by atoms with Crippen LogP contribution in [0.1, 0.15) is 66.8 Å². The van der Waals surface area contributed by atoms with Gasteiger partial charge >= 0.3 is 0 Å². The molecule has 6 nitrogen and oxygen atoms in total. The fourth-order valence-electron chi connectivity index (χ4n) is 6.58. The van der Waals surface area contributed by atoms with E-state index >= 15 is 0 Å². The standard InChI is InChI=1S/C31H39Cl2F3N4O2/c1-38(2)30(42)31(13-15-37-16-14-31)40-17-5-4-6-22(40)9-7-21(20-8-11-24(32)25(33)18-20)19-39(3)29(41)23-10-12-26(34)28(36)27(23)35/h8,10-12,18,21-22,37H,4-7,9,13-17,19H2,1-3H3. The normalized spacial score (nSPS) is 19.8. The van der Waals surface area contributed by atoms with Crippen LogP contribution in [0.3, 0.4) is 0 Å². The highest BCUT2D eigenvalue weighted by Crippen LogP contribution is 2.38. The van der Waals surface area contributed by atoms with Gasteiger partial charge in [0.1, 0.15) is 5.54 Å². The zero-order chi connectivity index (χ0) is 30.6. The molecule has 0 spiro atoms. The van der Waals surface area contributed by atoms with Crippen molar-refractivity contribution in [3.8, 4) is 0 Å². The first kappa shape index (κ1) is 32.6. The van der Waals surface area contributed by atoms with Gasteiger partial charge in [0, 0.05) is 39.6 Å². The second-order valence-corrected chi connectivity index (χ2v) is 12.5. The van der Waals surface area contributed by atoms with Crippen LogP contribution < -0.4 is 5.32 Å². The second-order valence-electron chi connectivity index (χ2n) is 11.7. The number of likely N-dealkylation sites (tertiary alicyclic amines) is 1. The van der Waals surface area contributed by atoms with E-state index in [9.17, 15) is 22.8 Å². The summed E-state index contributed by atoms with van der Waals surface area (Å²) >= 11 is 12.6. The lowest BCUT2D eigenvalue weighted by Gasteiger charge is -2.51. The summed E-state index contributed by atoms with van der Waals surface area (Å²) in [5.74, 6) is -5.35. The van der Waals surface area contributed by atoms with E-state index in [0.29, 0.717) is 16.5 Å². The van der Waals surface area contributed by atoms with Gasteiger partial charge in [0.05, 0.1) is 15.6 Å². The van der Waals surface area contributed by atoms with Gasteiger partial charge < -0.3 is 15.1 Å². The number of piperidine rings is 2. The van der Waals surface area contributed by atoms with Crippen molar-refractivity contribution in [3.63, 3.8) is 0 Å². The molecule has 2 unspecified atom stereocenters. The van der Waals surface area contributed by atoms with Crippen LogP contribution in [0, 0.1) is 17.5 Å². The first-order valence-electron chi connectivity index (χ1n) is 14.5. The van der Waals surface area contributed by atoms with Gasteiger partial charge in [-0.25, -0.2) is 13.2 Å². The predicted molar refractivity (Wildman–Crippen MR) is 160 cm³/mol. The molecule has 0 radical (unpaired) electrons. The lowest BCUT2D eigenvalue weighted by molar-refractivity contribution is -0.148. The van der Waals surface area contributed by atoms with Crippen molar-refractivity contribution in [1.82, 2.24) is 20.0 Å². The number of carbonyl (C=O) groups is 2. The first-order valence-corrected chi connectivity index (χ1v) is 15.2. The number of nitrogens with zero attached hydrogens (tertiary/aromatic N) is 3. The molecule has 0 aromatic heterocycles. The van der Waals surface area contributed by atoms with Crippen molar-refractivity contribution >= 4 is 35.0 Å². The van der Waals surface area contributed by atoms with Crippen molar-refractivity contribution in [2.45, 2.75) is 62.4 Å². The van der Waals surface area contributed by atoms with E-state index < -0.39 is 34.5 Å². The molecule has 11 heteroatoms. The fourth-order valence-corrected chi connectivity index (χ4v) is 6.88. The lowest BCUT2D eigenvalue weighted by atomic mass is 9.80. The molecule has 0 bridgehead atoms. The number of benzene rings is 2. The Labute approximate surface area is 256 Å². The van der Waals surface area contributed by atoms with E-state index in [2.05, 4.69) is 10.2 Å². The highest BCUT2D eigenvalue weighted by Gasteiger charge is 2.48. The minimum absolute atomic E-state index is 0.135. The summed E-state index contributed by atoms with van der Waals surface area (Å²) < 4.78 is 41.9. The Balaban J connectivity index is 1.59. The highest BCUT2D eigenvalue weighted by molar-refractivity contribution is 6.42. The summed E-state index contributed by atoms with van der Waals surface area (Å²) in [4.78, 5) is 32.2. The third-order valence-corrected chi connectivity index (χ3v) is 9.52. The van der Waals surface area contributed by atoms with E-state index in [1.807, 2.05) is 20.2 Å². The van der Waals surface area contributed by atoms with E-state index in [1.54, 1.807) is 17.0 Å². The third kappa shape index (κ3) is 6.90. The van der Waals surface area contributed by atoms with Crippen molar-refractivity contribution < 1.29 is 22.8 Å². The van der Waals surface area contributed by atoms with Crippen molar-refractivity contribution in [3.05, 3.63) is 69.0 Å². The van der Waals surface area contributed by atoms with E-state index in [1.165, 1.54) is 11.9 Å². The maximum atomic E-state index is 14.5. The Kier molecular flexibility index (Phi) is 10.8. The monoisotopic (exact) mass is 626 g/mol. The molecule has 2 amide bonds. The van der Waals surface area contributed by atoms with Crippen LogP contribution in [0.2, 0.25) is 10.0 Å². The number of rotatable bonds is 9. The van der Waals surface area contributed by atoms with Crippen LogP contribution >= 0.6 is 23.2 Å². The van der Waals surface area contributed by atoms with Crippen molar-refractivity contribution in [2.75, 3.05) is 47.3 Å². The topological polar surface area (TPSA) is 55.9 Å². The number of amides is 2. The Hall–Kier alpha value is -2.33. The van der Waals surface area contributed by atoms with Crippen LogP contribution in [0.25, 0.3) is 0 Å². The van der Waals surface area contributed by atoms with E-state index in [4.69, 9.17) is 23.2 Å². The van der Waals surface area contributed by atoms with Crippen molar-refractivity contribution in [1.29, 1.82) is 0 Å². The van der Waals surface area contributed by atoms with Crippen LogP contribution in [0.4, 0.5) is 13.2 Å². The lowest BCUT2D eigenvalue weighted by Crippen LogP contribution is -2.66. The summed E-state index contributed by atoms with van der Waals surface area (Å²) in [6.07, 6.45) is 5.96. The molecule has 2 fully saturated rings. The second kappa shape index (κ2) is 14.0. The molecule has 2 aliphatic rings. The fraction of sp³-hybridized carbons (Fsp3) is 0.548. The van der Waals surface area contributed by atoms with Crippen LogP contribution in [-0.4, -0.2) is 85.4 Å². The van der Waals surface area contributed by atoms with Crippen LogP contribution in [0.15, 0.2) is 30.3 Å². The van der Waals surface area contributed by atoms with Gasteiger partial charge in [-0.2, -0.15) is 0 Å². The van der Waals surface area contributed by atoms with Gasteiger partial charge in [0.25, 0.3) is 5.91 Å². The molecule has 2 atom stereocenters. The van der Waals surface area contributed by atoms with Crippen LogP contribution in [0.5, 0.6) is 0 Å². The maximum Gasteiger partial charge on any atom is 0.256 e. The molecule has 0 aliphatic carbocycles. The minimum Gasteiger partial charge on any atom is -0.347 e. The number of nitrogens with one attached hydrogen (secondary N) is 1. The van der Waals surface area contributed by atoms with Gasteiger partial charge in [-0.1, -0.05) is 35.7 Å². The predicted octanol–water partition coefficient (Wildman–Crippen LogP) is 6.11. The van der Waals surface area contributed by atoms with E-state index in [0.717, 1.165) is 75.9 Å². The molecule has 0 saturated carbocycles. The van der Waals surface area contributed by atoms with Gasteiger partial charge in [-0.3, -0.25) is 14.5 Å². The number of hydrogen-bond acceptors (Lipinski definition) is 4. The molecule has 1 N–H and O–H groups in total. The summed E-state index contributed by atoms with van der Waals surface area (Å²) in [7, 11) is 5.14. The molecule has 2 aromatic carbocycles. The Morgan fingerprint density at radius 2 is 1.74 bits per heavy atom. The molecule has 2 heterocycles. The molecular weight excluding hydrogens is 588 g/mol. The average Bonchev–Trinajstić information content (AvgIpc) is 2.99. The Bertz CT molecular complexity index is 1290. The number of hydrogen-bond donors (Lipinski definition) is 1. The Morgan fingerprint density at radius 3 is 2.40 bits per heavy atom. The number of likely N-dealkylation sites (N-methyl/N-ethyl adjacent to an activating group) is 2. The quantitative estimate of drug-likeness (QED) is 0.341. The number of carbonyl (C=O) groups excluding carboxylic acids is 2. The summed E-state index contributed by atoms with van der Waals surface area (Å²) in [5, 5.41) is 4.18. The molecule has 42 heavy (non-hydrogen) atoms. The molecule has 2 saturated heterocycles. The third-order valence-electron chi connectivity index (χ3n) is 8.78. The molecular formula is C31H39Cl2F3N4O2. The SMILES string of the molecule is CN(C)C(=O)C1(N2CCCCC2CCC(CN(C)C(=O)c2ccc(F)c(F)c2F)c2ccc(Cl)c(Cl)c2)CCNCC1. The van der Waals surface area contributed by atoms with Gasteiger partial charge in [0.15, 0.2) is 17.5 Å². The summed E-state index contributed by atoms with van der Waals surface area (Å²) in [6.45, 7) is 2.59. The smallest absolute Gasteiger partial charge is 0.256 e. The maximum absolute atomic E-state index is 14.5. The Morgan fingerprint density at radius 1 is 1.02 bits per heavy atom. The molecule has 2 aliphatic heterocycles. The van der Waals surface area contributed by atoms with Crippen molar-refractivity contribution in [2.24, 2.45) is 0 Å². The van der Waals surface area contributed by atoms with Gasteiger partial charge in [-0.05, 0) is 88.0 Å².